The van der Waals surface area contributed by atoms with E-state index >= 15 is 0 Å². The fraction of sp³-hybridized carbons (Fsp3) is 0.196. The van der Waals surface area contributed by atoms with Crippen molar-refractivity contribution in [2.45, 2.75) is 64.7 Å². The third kappa shape index (κ3) is 8.06. The van der Waals surface area contributed by atoms with E-state index in [-0.39, 0.29) is 41.9 Å². The van der Waals surface area contributed by atoms with Gasteiger partial charge in [-0.05, 0) is 0 Å². The monoisotopic (exact) mass is 858 g/mol. The maximum Gasteiger partial charge on any atom is -0.147 e. The van der Waals surface area contributed by atoms with Crippen LogP contribution in [0.25, 0.3) is 22.8 Å². The molecule has 0 N–H and O–H groups in total. The third-order valence-corrected chi connectivity index (χ3v) is 19.7. The molecule has 0 saturated heterocycles. The summed E-state index contributed by atoms with van der Waals surface area (Å²) in [7, 11) is 0. The minimum absolute atomic E-state index is 0. The maximum absolute atomic E-state index is 14.3. The predicted molar refractivity (Wildman–Crippen MR) is 234 cm³/mol. The van der Waals surface area contributed by atoms with Gasteiger partial charge >= 0.3 is 328 Å². The number of fused-ring (bicyclic) bond motifs is 2. The molecule has 5 aromatic carbocycles. The Morgan fingerprint density at radius 2 is 1.32 bits per heavy atom. The quantitative estimate of drug-likeness (QED) is 0.124. The number of benzene rings is 5. The Kier molecular flexibility index (Phi) is 13.4. The zero-order chi connectivity index (χ0) is 37.2. The van der Waals surface area contributed by atoms with Crippen LogP contribution >= 0.6 is 24.8 Å². The summed E-state index contributed by atoms with van der Waals surface area (Å²) in [6.07, 6.45) is 17.8. The van der Waals surface area contributed by atoms with Crippen LogP contribution < -0.4 is 10.4 Å². The van der Waals surface area contributed by atoms with E-state index in [4.69, 9.17) is 0 Å². The van der Waals surface area contributed by atoms with Crippen molar-refractivity contribution in [2.24, 2.45) is 0 Å². The SMILES string of the molecule is CCCCC1(c2ccccc2)C(C)=CC2=c3cc(C)c(-c4ccccc4)cc3=CC2=[C]1[Zr]([C]1=CC=CC1)=[C](Cc1ccc(F)cc1)Cc1ccc(F)cc1.Cl.Cl. The zero-order valence-electron chi connectivity index (χ0n) is 32.2. The molecule has 284 valence electrons. The average molecular weight is 861 g/mol. The Morgan fingerprint density at radius 1 is 0.714 bits per heavy atom. The minimum atomic E-state index is -3.10. The van der Waals surface area contributed by atoms with Crippen molar-refractivity contribution < 1.29 is 30.0 Å². The van der Waals surface area contributed by atoms with E-state index in [1.165, 1.54) is 52.6 Å². The van der Waals surface area contributed by atoms with Crippen LogP contribution in [0, 0.1) is 18.6 Å². The molecule has 0 radical (unpaired) electrons. The summed E-state index contributed by atoms with van der Waals surface area (Å²) in [5, 5.41) is 2.60. The number of allylic oxidation sites excluding steroid dienone is 8. The van der Waals surface area contributed by atoms with E-state index in [1.54, 1.807) is 30.8 Å². The standard InChI is InChI=1S/C31H29.C15H12F2.C5H5.2ClH.Zr/c1-4-5-16-31(27-14-10-7-11-15-27)21-26-19-25-20-28(24-12-8-6-9-13-24)22(2)17-29(25)30(26)18-23(31)3;16-14-8-4-12(5-9-14)2-1-3-13-6-10-15(17)11-7-13;1-2-4-5-3-1;;;/h6-15,17-20H,4-5,16H2,1-3H3;4-11H,2-3H2;1-3H,4H2;2*1H;. The van der Waals surface area contributed by atoms with Gasteiger partial charge in [0.15, 0.2) is 0 Å². The first-order chi connectivity index (χ1) is 26.4. The van der Waals surface area contributed by atoms with E-state index in [2.05, 4.69) is 124 Å². The molecule has 56 heavy (non-hydrogen) atoms. The van der Waals surface area contributed by atoms with Gasteiger partial charge in [-0.3, -0.25) is 0 Å². The number of aryl methyl sites for hydroxylation is 1. The van der Waals surface area contributed by atoms with Crippen LogP contribution in [-0.2, 0) is 39.5 Å². The van der Waals surface area contributed by atoms with Gasteiger partial charge in [0, 0.05) is 0 Å². The summed E-state index contributed by atoms with van der Waals surface area (Å²) in [4.78, 5) is 0. The smallest absolute Gasteiger partial charge is 0.147 e. The molecule has 0 aliphatic heterocycles. The van der Waals surface area contributed by atoms with Crippen LogP contribution in [0.3, 0.4) is 0 Å². The first kappa shape index (κ1) is 41.6. The van der Waals surface area contributed by atoms with E-state index < -0.39 is 21.3 Å². The van der Waals surface area contributed by atoms with E-state index in [9.17, 15) is 8.78 Å². The van der Waals surface area contributed by atoms with Crippen molar-refractivity contribution in [2.75, 3.05) is 0 Å². The normalized spacial score (nSPS) is 16.6. The topological polar surface area (TPSA) is 0 Å². The largest absolute Gasteiger partial charge is 0.147 e. The molecule has 1 atom stereocenters. The van der Waals surface area contributed by atoms with Gasteiger partial charge in [0.1, 0.15) is 0 Å². The second-order valence-electron chi connectivity index (χ2n) is 15.1. The number of halogens is 4. The summed E-state index contributed by atoms with van der Waals surface area (Å²) < 4.78 is 33.4. The van der Waals surface area contributed by atoms with Gasteiger partial charge in [0.2, 0.25) is 0 Å². The maximum atomic E-state index is 14.3. The second kappa shape index (κ2) is 18.1. The fourth-order valence-electron chi connectivity index (χ4n) is 9.00. The van der Waals surface area contributed by atoms with Crippen molar-refractivity contribution in [3.63, 3.8) is 0 Å². The molecule has 3 aliphatic rings. The van der Waals surface area contributed by atoms with Gasteiger partial charge in [0.05, 0.1) is 0 Å². The van der Waals surface area contributed by atoms with Crippen molar-refractivity contribution >= 4 is 39.7 Å². The molecule has 1 unspecified atom stereocenters. The zero-order valence-corrected chi connectivity index (χ0v) is 36.3. The first-order valence-corrected chi connectivity index (χ1v) is 23.0. The van der Waals surface area contributed by atoms with Crippen LogP contribution in [0.5, 0.6) is 0 Å². The van der Waals surface area contributed by atoms with E-state index in [0.717, 1.165) is 49.7 Å². The Hall–Kier alpha value is -4.01. The molecular weight excluding hydrogens is 813 g/mol. The number of hydrogen-bond donors (Lipinski definition) is 0. The van der Waals surface area contributed by atoms with Gasteiger partial charge < -0.3 is 0 Å². The van der Waals surface area contributed by atoms with Gasteiger partial charge in [-0.1, -0.05) is 0 Å². The van der Waals surface area contributed by atoms with Gasteiger partial charge in [-0.25, -0.2) is 0 Å². The van der Waals surface area contributed by atoms with Gasteiger partial charge in [0.25, 0.3) is 0 Å². The minimum Gasteiger partial charge on any atom is -0.147 e. The molecular formula is C51H48Cl2F2Zr. The number of unbranched alkanes of at least 4 members (excludes halogenated alkanes) is 1. The first-order valence-electron chi connectivity index (χ1n) is 19.3. The van der Waals surface area contributed by atoms with Crippen LogP contribution in [0.1, 0.15) is 61.8 Å². The van der Waals surface area contributed by atoms with Crippen molar-refractivity contribution in [1.29, 1.82) is 0 Å². The molecule has 5 aromatic rings. The summed E-state index contributed by atoms with van der Waals surface area (Å²) in [6, 6.07) is 41.0. The summed E-state index contributed by atoms with van der Waals surface area (Å²) in [5.41, 5.74) is 11.3. The molecule has 0 saturated carbocycles. The van der Waals surface area contributed by atoms with Crippen molar-refractivity contribution in [3.8, 4) is 11.1 Å². The summed E-state index contributed by atoms with van der Waals surface area (Å²) in [5.74, 6) is -0.437. The third-order valence-electron chi connectivity index (χ3n) is 11.6. The van der Waals surface area contributed by atoms with Crippen molar-refractivity contribution in [3.05, 3.63) is 208 Å². The van der Waals surface area contributed by atoms with Gasteiger partial charge in [-0.2, -0.15) is 0 Å². The van der Waals surface area contributed by atoms with Gasteiger partial charge in [-0.15, -0.1) is 24.8 Å². The van der Waals surface area contributed by atoms with Crippen molar-refractivity contribution in [1.82, 2.24) is 0 Å². The predicted octanol–water partition coefficient (Wildman–Crippen LogP) is 12.2. The summed E-state index contributed by atoms with van der Waals surface area (Å²) >= 11 is -3.10. The Labute approximate surface area is 350 Å². The second-order valence-corrected chi connectivity index (χ2v) is 21.5. The van der Waals surface area contributed by atoms with Crippen LogP contribution in [0.15, 0.2) is 163 Å². The summed E-state index contributed by atoms with van der Waals surface area (Å²) in [6.45, 7) is 6.94. The molecule has 0 nitrogen and oxygen atoms in total. The molecule has 0 fully saturated rings. The molecule has 8 rings (SSSR count). The van der Waals surface area contributed by atoms with E-state index in [1.807, 2.05) is 24.3 Å². The van der Waals surface area contributed by atoms with E-state index in [0.29, 0.717) is 0 Å². The molecule has 3 aliphatic carbocycles. The molecule has 0 spiro atoms. The number of rotatable bonds is 11. The van der Waals surface area contributed by atoms with Crippen LogP contribution in [0.4, 0.5) is 8.78 Å². The Bertz CT molecular complexity index is 2460. The van der Waals surface area contributed by atoms with Crippen LogP contribution in [-0.4, -0.2) is 3.21 Å². The fourth-order valence-corrected chi connectivity index (χ4v) is 18.4. The molecule has 0 amide bonds. The Morgan fingerprint density at radius 3 is 1.89 bits per heavy atom. The average Bonchev–Trinajstić information content (AvgIpc) is 3.85. The van der Waals surface area contributed by atoms with Crippen LogP contribution in [0.2, 0.25) is 0 Å². The molecule has 0 aromatic heterocycles. The molecule has 5 heteroatoms. The number of hydrogen-bond acceptors (Lipinski definition) is 0. The Balaban J connectivity index is 0.00000266. The molecule has 0 heterocycles. The molecule has 0 bridgehead atoms.